The zero-order valence-corrected chi connectivity index (χ0v) is 17.2. The van der Waals surface area contributed by atoms with E-state index in [1.54, 1.807) is 24.0 Å². The van der Waals surface area contributed by atoms with Crippen LogP contribution in [0.15, 0.2) is 41.3 Å². The number of nitrogens with zero attached hydrogens (tertiary/aromatic N) is 1. The summed E-state index contributed by atoms with van der Waals surface area (Å²) in [5.74, 6) is 0.462. The zero-order chi connectivity index (χ0) is 20.2. The molecule has 2 aromatic rings. The van der Waals surface area contributed by atoms with Gasteiger partial charge in [0, 0.05) is 25.7 Å². The van der Waals surface area contributed by atoms with Crippen LogP contribution in [-0.4, -0.2) is 34.5 Å². The molecule has 1 amide bonds. The summed E-state index contributed by atoms with van der Waals surface area (Å²) in [6.45, 7) is 7.47. The molecule has 0 bridgehead atoms. The van der Waals surface area contributed by atoms with Crippen molar-refractivity contribution in [2.24, 2.45) is 0 Å². The third kappa shape index (κ3) is 5.30. The van der Waals surface area contributed by atoms with E-state index < -0.39 is 10.0 Å². The number of anilines is 1. The molecule has 0 spiro atoms. The van der Waals surface area contributed by atoms with Gasteiger partial charge in [0.2, 0.25) is 15.9 Å². The zero-order valence-electron chi connectivity index (χ0n) is 16.4. The molecule has 0 unspecified atom stereocenters. The number of methoxy groups -OCH3 is 1. The second-order valence-electron chi connectivity index (χ2n) is 6.55. The number of nitrogens with one attached hydrogen (secondary N) is 1. The van der Waals surface area contributed by atoms with E-state index in [9.17, 15) is 13.2 Å². The SMILES string of the molecule is COc1ccc(S(=O)(=O)NCCN(C(C)=O)c2cc(C)cc(C)c2)c(C)c1. The normalized spacial score (nSPS) is 11.3. The van der Waals surface area contributed by atoms with Crippen molar-refractivity contribution in [1.82, 2.24) is 4.72 Å². The number of aryl methyl sites for hydroxylation is 3. The Kier molecular flexibility index (Phi) is 6.62. The lowest BCUT2D eigenvalue weighted by Crippen LogP contribution is -2.37. The first kappa shape index (κ1) is 20.9. The number of benzene rings is 2. The highest BCUT2D eigenvalue weighted by Crippen LogP contribution is 2.21. The third-order valence-corrected chi connectivity index (χ3v) is 5.82. The third-order valence-electron chi connectivity index (χ3n) is 4.20. The second kappa shape index (κ2) is 8.54. The molecular formula is C20H26N2O4S. The topological polar surface area (TPSA) is 75.7 Å². The first-order chi connectivity index (χ1) is 12.6. The number of ether oxygens (including phenoxy) is 1. The molecule has 0 saturated heterocycles. The first-order valence-corrected chi connectivity index (χ1v) is 10.1. The van der Waals surface area contributed by atoms with Gasteiger partial charge in [-0.2, -0.15) is 0 Å². The van der Waals surface area contributed by atoms with Crippen molar-refractivity contribution in [2.45, 2.75) is 32.6 Å². The van der Waals surface area contributed by atoms with E-state index in [2.05, 4.69) is 4.72 Å². The Hall–Kier alpha value is -2.38. The van der Waals surface area contributed by atoms with Crippen LogP contribution >= 0.6 is 0 Å². The minimum absolute atomic E-state index is 0.111. The molecule has 2 rings (SSSR count). The molecule has 146 valence electrons. The lowest BCUT2D eigenvalue weighted by molar-refractivity contribution is -0.116. The highest BCUT2D eigenvalue weighted by Gasteiger charge is 2.18. The van der Waals surface area contributed by atoms with Gasteiger partial charge in [-0.05, 0) is 67.8 Å². The number of hydrogen-bond donors (Lipinski definition) is 1. The fraction of sp³-hybridized carbons (Fsp3) is 0.350. The summed E-state index contributed by atoms with van der Waals surface area (Å²) in [4.78, 5) is 13.8. The highest BCUT2D eigenvalue weighted by atomic mass is 32.2. The molecule has 0 aromatic heterocycles. The van der Waals surface area contributed by atoms with Gasteiger partial charge in [0.15, 0.2) is 0 Å². The maximum Gasteiger partial charge on any atom is 0.240 e. The van der Waals surface area contributed by atoms with E-state index in [1.807, 2.05) is 32.0 Å². The molecule has 0 fully saturated rings. The molecule has 7 heteroatoms. The molecule has 0 aliphatic rings. The molecular weight excluding hydrogens is 364 g/mol. The van der Waals surface area contributed by atoms with Crippen LogP contribution in [0, 0.1) is 20.8 Å². The molecule has 0 aliphatic carbocycles. The Morgan fingerprint density at radius 3 is 2.22 bits per heavy atom. The Balaban J connectivity index is 2.13. The number of rotatable bonds is 7. The van der Waals surface area contributed by atoms with Crippen LogP contribution in [0.4, 0.5) is 5.69 Å². The van der Waals surface area contributed by atoms with Gasteiger partial charge in [0.1, 0.15) is 5.75 Å². The summed E-state index contributed by atoms with van der Waals surface area (Å²) < 4.78 is 32.9. The first-order valence-electron chi connectivity index (χ1n) is 8.65. The lowest BCUT2D eigenvalue weighted by atomic mass is 10.1. The molecule has 0 atom stereocenters. The van der Waals surface area contributed by atoms with E-state index in [1.165, 1.54) is 20.1 Å². The minimum Gasteiger partial charge on any atom is -0.497 e. The van der Waals surface area contributed by atoms with Crippen LogP contribution < -0.4 is 14.4 Å². The van der Waals surface area contributed by atoms with E-state index >= 15 is 0 Å². The monoisotopic (exact) mass is 390 g/mol. The van der Waals surface area contributed by atoms with Gasteiger partial charge < -0.3 is 9.64 Å². The minimum atomic E-state index is -3.68. The van der Waals surface area contributed by atoms with Gasteiger partial charge in [-0.3, -0.25) is 4.79 Å². The maximum atomic E-state index is 12.6. The lowest BCUT2D eigenvalue weighted by Gasteiger charge is -2.22. The molecule has 0 heterocycles. The number of carbonyl (C=O) groups is 1. The van der Waals surface area contributed by atoms with Crippen molar-refractivity contribution in [3.05, 3.63) is 53.1 Å². The number of amides is 1. The van der Waals surface area contributed by atoms with Crippen LogP contribution in [-0.2, 0) is 14.8 Å². The number of carbonyl (C=O) groups excluding carboxylic acids is 1. The van der Waals surface area contributed by atoms with Crippen molar-refractivity contribution >= 4 is 21.6 Å². The Labute approximate surface area is 161 Å². The van der Waals surface area contributed by atoms with Crippen LogP contribution in [0.25, 0.3) is 0 Å². The van der Waals surface area contributed by atoms with Gasteiger partial charge in [0.05, 0.1) is 12.0 Å². The molecule has 1 N–H and O–H groups in total. The molecule has 27 heavy (non-hydrogen) atoms. The summed E-state index contributed by atoms with van der Waals surface area (Å²) in [5, 5.41) is 0. The van der Waals surface area contributed by atoms with Crippen LogP contribution in [0.2, 0.25) is 0 Å². The summed E-state index contributed by atoms with van der Waals surface area (Å²) in [7, 11) is -2.15. The van der Waals surface area contributed by atoms with Gasteiger partial charge >= 0.3 is 0 Å². The predicted molar refractivity (Wildman–Crippen MR) is 107 cm³/mol. The maximum absolute atomic E-state index is 12.6. The highest BCUT2D eigenvalue weighted by molar-refractivity contribution is 7.89. The fourth-order valence-electron chi connectivity index (χ4n) is 2.99. The van der Waals surface area contributed by atoms with E-state index in [4.69, 9.17) is 4.74 Å². The second-order valence-corrected chi connectivity index (χ2v) is 8.28. The van der Waals surface area contributed by atoms with E-state index in [-0.39, 0.29) is 23.9 Å². The van der Waals surface area contributed by atoms with Gasteiger partial charge in [-0.1, -0.05) is 6.07 Å². The largest absolute Gasteiger partial charge is 0.497 e. The molecule has 0 aliphatic heterocycles. The van der Waals surface area contributed by atoms with Crippen molar-refractivity contribution < 1.29 is 17.9 Å². The Bertz CT molecular complexity index is 919. The number of hydrogen-bond acceptors (Lipinski definition) is 4. The molecule has 0 radical (unpaired) electrons. The van der Waals surface area contributed by atoms with Crippen LogP contribution in [0.1, 0.15) is 23.6 Å². The Morgan fingerprint density at radius 1 is 1.07 bits per heavy atom. The quantitative estimate of drug-likeness (QED) is 0.789. The van der Waals surface area contributed by atoms with Gasteiger partial charge in [-0.15, -0.1) is 0 Å². The van der Waals surface area contributed by atoms with Gasteiger partial charge in [0.25, 0.3) is 0 Å². The average molecular weight is 391 g/mol. The smallest absolute Gasteiger partial charge is 0.240 e. The fourth-order valence-corrected chi connectivity index (χ4v) is 4.24. The van der Waals surface area contributed by atoms with Crippen LogP contribution in [0.5, 0.6) is 5.75 Å². The summed E-state index contributed by atoms with van der Waals surface area (Å²) in [6.07, 6.45) is 0. The average Bonchev–Trinajstić information content (AvgIpc) is 2.57. The van der Waals surface area contributed by atoms with Crippen molar-refractivity contribution in [3.8, 4) is 5.75 Å². The number of sulfonamides is 1. The predicted octanol–water partition coefficient (Wildman–Crippen LogP) is 2.95. The summed E-state index contributed by atoms with van der Waals surface area (Å²) in [6, 6.07) is 10.7. The van der Waals surface area contributed by atoms with Crippen molar-refractivity contribution in [3.63, 3.8) is 0 Å². The van der Waals surface area contributed by atoms with E-state index in [0.29, 0.717) is 11.3 Å². The molecule has 6 nitrogen and oxygen atoms in total. The van der Waals surface area contributed by atoms with Crippen molar-refractivity contribution in [2.75, 3.05) is 25.1 Å². The van der Waals surface area contributed by atoms with Crippen molar-refractivity contribution in [1.29, 1.82) is 0 Å². The Morgan fingerprint density at radius 2 is 1.70 bits per heavy atom. The van der Waals surface area contributed by atoms with E-state index in [0.717, 1.165) is 16.8 Å². The van der Waals surface area contributed by atoms with Gasteiger partial charge in [-0.25, -0.2) is 13.1 Å². The molecule has 2 aromatic carbocycles. The standard InChI is InChI=1S/C20H26N2O4S/c1-14-10-15(2)12-18(11-14)22(17(4)23)9-8-21-27(24,25)20-7-6-19(26-5)13-16(20)3/h6-7,10-13,21H,8-9H2,1-5H3. The van der Waals surface area contributed by atoms with Crippen LogP contribution in [0.3, 0.4) is 0 Å². The summed E-state index contributed by atoms with van der Waals surface area (Å²) in [5.41, 5.74) is 3.45. The molecule has 0 saturated carbocycles. The summed E-state index contributed by atoms with van der Waals surface area (Å²) >= 11 is 0.